The number of alkyl carbamates (subject to hydrolysis) is 1. The summed E-state index contributed by atoms with van der Waals surface area (Å²) in [6, 6.07) is 19.5. The predicted octanol–water partition coefficient (Wildman–Crippen LogP) is 6.52. The number of hydrogen-bond acceptors (Lipinski definition) is 8. The Labute approximate surface area is 297 Å². The zero-order valence-electron chi connectivity index (χ0n) is 29.1. The summed E-state index contributed by atoms with van der Waals surface area (Å²) in [4.78, 5) is 65.9. The third-order valence-electron chi connectivity index (χ3n) is 7.56. The number of rotatable bonds is 12. The fourth-order valence-electron chi connectivity index (χ4n) is 5.52. The van der Waals surface area contributed by atoms with Gasteiger partial charge in [0.25, 0.3) is 0 Å². The maximum atomic E-state index is 13.8. The molecule has 3 N–H and O–H groups in total. The number of esters is 2. The first-order valence-corrected chi connectivity index (χ1v) is 16.8. The molecule has 4 rings (SSSR count). The van der Waals surface area contributed by atoms with E-state index in [1.54, 1.807) is 65.8 Å². The van der Waals surface area contributed by atoms with Crippen molar-refractivity contribution in [3.05, 3.63) is 88.9 Å². The minimum Gasteiger partial charge on any atom is -0.460 e. The fourth-order valence-corrected chi connectivity index (χ4v) is 5.70. The average molecular weight is 706 g/mol. The molecule has 0 heterocycles. The van der Waals surface area contributed by atoms with Gasteiger partial charge in [0, 0.05) is 12.3 Å². The molecule has 266 valence electrons. The van der Waals surface area contributed by atoms with Crippen LogP contribution in [0.25, 0.3) is 11.1 Å². The number of carbonyl (C=O) groups is 5. The second-order valence-electron chi connectivity index (χ2n) is 14.0. The highest BCUT2D eigenvalue weighted by atomic mass is 35.5. The molecule has 0 fully saturated rings. The highest BCUT2D eigenvalue weighted by Gasteiger charge is 2.33. The predicted molar refractivity (Wildman–Crippen MR) is 190 cm³/mol. The monoisotopic (exact) mass is 705 g/mol. The van der Waals surface area contributed by atoms with E-state index in [1.165, 1.54) is 0 Å². The molecular weight excluding hydrogens is 662 g/mol. The van der Waals surface area contributed by atoms with Gasteiger partial charge in [-0.05, 0) is 82.3 Å². The Bertz CT molecular complexity index is 1680. The molecule has 50 heavy (non-hydrogen) atoms. The van der Waals surface area contributed by atoms with Gasteiger partial charge in [-0.25, -0.2) is 4.79 Å². The van der Waals surface area contributed by atoms with Crippen molar-refractivity contribution < 1.29 is 38.2 Å². The first-order chi connectivity index (χ1) is 23.5. The van der Waals surface area contributed by atoms with Crippen molar-refractivity contribution in [2.75, 3.05) is 11.9 Å². The molecule has 12 heteroatoms. The standard InChI is InChI=1S/C38H44ClN3O8/c1-37(2,3)49-32(43)20-19-30(34(45)40-29-18-12-11-17-28(29)39)41-35(46)31(21-33(44)50-38(4,5)6)42-36(47)48-22-27-25-15-9-7-13-23(25)24-14-8-10-16-26(24)27/h7-18,27,30-31H,19-22H2,1-6H3,(H,40,45)(H,41,46)(H,42,47)/t30-,31-/m0/s1. The molecule has 3 aromatic rings. The Kier molecular flexibility index (Phi) is 12.3. The van der Waals surface area contributed by atoms with E-state index in [-0.39, 0.29) is 36.1 Å². The molecule has 1 aliphatic rings. The summed E-state index contributed by atoms with van der Waals surface area (Å²) in [6.07, 6.45) is -1.87. The number of hydrogen-bond donors (Lipinski definition) is 3. The molecule has 1 aliphatic carbocycles. The summed E-state index contributed by atoms with van der Waals surface area (Å²) in [5.74, 6) is -3.12. The first kappa shape index (κ1) is 37.9. The first-order valence-electron chi connectivity index (χ1n) is 16.4. The van der Waals surface area contributed by atoms with Crippen molar-refractivity contribution in [3.8, 4) is 11.1 Å². The molecule has 0 saturated heterocycles. The number of carbonyl (C=O) groups excluding carboxylic acids is 5. The number of halogens is 1. The number of benzene rings is 3. The van der Waals surface area contributed by atoms with E-state index < -0.39 is 59.6 Å². The topological polar surface area (TPSA) is 149 Å². The van der Waals surface area contributed by atoms with Crippen molar-refractivity contribution in [2.24, 2.45) is 0 Å². The van der Waals surface area contributed by atoms with E-state index in [0.717, 1.165) is 22.3 Å². The molecule has 3 aromatic carbocycles. The summed E-state index contributed by atoms with van der Waals surface area (Å²) in [5, 5.41) is 8.01. The maximum absolute atomic E-state index is 13.8. The molecule has 0 bridgehead atoms. The Hall–Kier alpha value is -4.90. The third-order valence-corrected chi connectivity index (χ3v) is 7.89. The lowest BCUT2D eigenvalue weighted by atomic mass is 9.98. The number of amides is 3. The minimum atomic E-state index is -1.49. The minimum absolute atomic E-state index is 0.0284. The smallest absolute Gasteiger partial charge is 0.407 e. The van der Waals surface area contributed by atoms with Gasteiger partial charge in [-0.1, -0.05) is 72.3 Å². The van der Waals surface area contributed by atoms with Crippen LogP contribution in [0, 0.1) is 0 Å². The highest BCUT2D eigenvalue weighted by molar-refractivity contribution is 6.33. The van der Waals surface area contributed by atoms with Crippen LogP contribution in [-0.2, 0) is 33.4 Å². The van der Waals surface area contributed by atoms with Gasteiger partial charge in [0.1, 0.15) is 29.9 Å². The third kappa shape index (κ3) is 10.8. The number of para-hydroxylation sites is 1. The lowest BCUT2D eigenvalue weighted by molar-refractivity contribution is -0.156. The fraction of sp³-hybridized carbons (Fsp3) is 0.395. The molecule has 0 aromatic heterocycles. The van der Waals surface area contributed by atoms with Crippen LogP contribution >= 0.6 is 11.6 Å². The SMILES string of the molecule is CC(C)(C)OC(=O)CC[C@H](NC(=O)[C@H](CC(=O)OC(C)(C)C)NC(=O)OCC1c2ccccc2-c2ccccc21)C(=O)Nc1ccccc1Cl. The van der Waals surface area contributed by atoms with E-state index >= 15 is 0 Å². The van der Waals surface area contributed by atoms with Gasteiger partial charge in [-0.15, -0.1) is 0 Å². The van der Waals surface area contributed by atoms with E-state index in [1.807, 2.05) is 48.5 Å². The lowest BCUT2D eigenvalue weighted by Crippen LogP contribution is -2.53. The number of nitrogens with one attached hydrogen (secondary N) is 3. The Balaban J connectivity index is 1.51. The molecule has 0 aliphatic heterocycles. The molecule has 0 saturated carbocycles. The van der Waals surface area contributed by atoms with Crippen LogP contribution in [0.1, 0.15) is 77.8 Å². The van der Waals surface area contributed by atoms with Crippen molar-refractivity contribution >= 4 is 47.1 Å². The number of ether oxygens (including phenoxy) is 3. The van der Waals surface area contributed by atoms with Gasteiger partial charge in [0.15, 0.2) is 0 Å². The number of fused-ring (bicyclic) bond motifs is 3. The van der Waals surface area contributed by atoms with Crippen molar-refractivity contribution in [2.45, 2.75) is 90.0 Å². The summed E-state index contributed by atoms with van der Waals surface area (Å²) in [5.41, 5.74) is 2.76. The average Bonchev–Trinajstić information content (AvgIpc) is 3.34. The van der Waals surface area contributed by atoms with Crippen LogP contribution in [0.5, 0.6) is 0 Å². The molecule has 11 nitrogen and oxygen atoms in total. The van der Waals surface area contributed by atoms with Crippen LogP contribution in [0.2, 0.25) is 5.02 Å². The largest absolute Gasteiger partial charge is 0.460 e. The van der Waals surface area contributed by atoms with Gasteiger partial charge in [0.05, 0.1) is 17.1 Å². The summed E-state index contributed by atoms with van der Waals surface area (Å²) in [7, 11) is 0. The van der Waals surface area contributed by atoms with Crippen LogP contribution in [0.3, 0.4) is 0 Å². The second-order valence-corrected chi connectivity index (χ2v) is 14.4. The van der Waals surface area contributed by atoms with Gasteiger partial charge in [-0.2, -0.15) is 0 Å². The van der Waals surface area contributed by atoms with Crippen molar-refractivity contribution in [1.29, 1.82) is 0 Å². The molecule has 0 unspecified atom stereocenters. The Morgan fingerprint density at radius 2 is 1.24 bits per heavy atom. The summed E-state index contributed by atoms with van der Waals surface area (Å²) < 4.78 is 16.4. The normalized spacial score (nSPS) is 13.6. The molecular formula is C38H44ClN3O8. The van der Waals surface area contributed by atoms with Crippen LogP contribution in [0.15, 0.2) is 72.8 Å². The molecule has 2 atom stereocenters. The lowest BCUT2D eigenvalue weighted by Gasteiger charge is -2.25. The highest BCUT2D eigenvalue weighted by Crippen LogP contribution is 2.44. The van der Waals surface area contributed by atoms with Crippen LogP contribution < -0.4 is 16.0 Å². The van der Waals surface area contributed by atoms with Crippen LogP contribution in [0.4, 0.5) is 10.5 Å². The van der Waals surface area contributed by atoms with E-state index in [2.05, 4.69) is 16.0 Å². The Morgan fingerprint density at radius 3 is 1.82 bits per heavy atom. The van der Waals surface area contributed by atoms with Gasteiger partial charge < -0.3 is 30.2 Å². The van der Waals surface area contributed by atoms with E-state index in [9.17, 15) is 24.0 Å². The van der Waals surface area contributed by atoms with Gasteiger partial charge >= 0.3 is 18.0 Å². The second kappa shape index (κ2) is 16.2. The van der Waals surface area contributed by atoms with E-state index in [4.69, 9.17) is 25.8 Å². The summed E-state index contributed by atoms with van der Waals surface area (Å²) in [6.45, 7) is 10.1. The Morgan fingerprint density at radius 1 is 0.700 bits per heavy atom. The number of anilines is 1. The van der Waals surface area contributed by atoms with Crippen molar-refractivity contribution in [3.63, 3.8) is 0 Å². The molecule has 3 amide bonds. The van der Waals surface area contributed by atoms with Crippen molar-refractivity contribution in [1.82, 2.24) is 10.6 Å². The van der Waals surface area contributed by atoms with Crippen LogP contribution in [-0.4, -0.2) is 59.7 Å². The zero-order valence-corrected chi connectivity index (χ0v) is 29.9. The quantitative estimate of drug-likeness (QED) is 0.142. The molecule has 0 radical (unpaired) electrons. The van der Waals surface area contributed by atoms with E-state index in [0.29, 0.717) is 0 Å². The van der Waals surface area contributed by atoms with Gasteiger partial charge in [-0.3, -0.25) is 19.2 Å². The summed E-state index contributed by atoms with van der Waals surface area (Å²) >= 11 is 6.24. The molecule has 0 spiro atoms. The maximum Gasteiger partial charge on any atom is 0.407 e. The zero-order chi connectivity index (χ0) is 36.6. The van der Waals surface area contributed by atoms with Gasteiger partial charge in [0.2, 0.25) is 11.8 Å².